The molecule has 0 N–H and O–H groups in total. The average molecular weight is 350 g/mol. The van der Waals surface area contributed by atoms with Gasteiger partial charge in [-0.15, -0.1) is 0 Å². The highest BCUT2D eigenvalue weighted by molar-refractivity contribution is 5.87. The van der Waals surface area contributed by atoms with Crippen LogP contribution in [-0.2, 0) is 17.9 Å². The number of amides is 1. The summed E-state index contributed by atoms with van der Waals surface area (Å²) >= 11 is 0. The van der Waals surface area contributed by atoms with Gasteiger partial charge in [-0.05, 0) is 42.3 Å². The lowest BCUT2D eigenvalue weighted by Gasteiger charge is -2.22. The standard InChI is InChI=1S/C21H19FN2O2/c1-16-13-20(11-12-23-16)24(14-17-7-9-19(22)10-8-17)21(25)26-15-18-5-3-2-4-6-18/h2-13H,14-15H2,1H3. The second kappa shape index (κ2) is 8.25. The van der Waals surface area contributed by atoms with Gasteiger partial charge in [-0.1, -0.05) is 42.5 Å². The van der Waals surface area contributed by atoms with Crippen molar-refractivity contribution in [2.24, 2.45) is 0 Å². The maximum atomic E-state index is 13.2. The van der Waals surface area contributed by atoms with Crippen LogP contribution in [0.2, 0.25) is 0 Å². The number of carbonyl (C=O) groups excluding carboxylic acids is 1. The first-order chi connectivity index (χ1) is 12.6. The van der Waals surface area contributed by atoms with Crippen LogP contribution in [0, 0.1) is 12.7 Å². The molecule has 1 heterocycles. The van der Waals surface area contributed by atoms with Gasteiger partial charge < -0.3 is 4.74 Å². The number of ether oxygens (including phenoxy) is 1. The Morgan fingerprint density at radius 3 is 2.46 bits per heavy atom. The molecule has 3 aromatic rings. The quantitative estimate of drug-likeness (QED) is 0.659. The van der Waals surface area contributed by atoms with E-state index in [-0.39, 0.29) is 19.0 Å². The molecule has 0 fully saturated rings. The van der Waals surface area contributed by atoms with Crippen LogP contribution in [0.1, 0.15) is 16.8 Å². The molecule has 0 bridgehead atoms. The molecule has 0 spiro atoms. The summed E-state index contributed by atoms with van der Waals surface area (Å²) in [4.78, 5) is 18.4. The summed E-state index contributed by atoms with van der Waals surface area (Å²) in [5.74, 6) is -0.313. The molecule has 0 radical (unpaired) electrons. The van der Waals surface area contributed by atoms with Gasteiger partial charge >= 0.3 is 6.09 Å². The second-order valence-corrected chi connectivity index (χ2v) is 5.91. The Hall–Kier alpha value is -3.21. The van der Waals surface area contributed by atoms with Gasteiger partial charge in [-0.25, -0.2) is 9.18 Å². The van der Waals surface area contributed by atoms with E-state index in [0.717, 1.165) is 16.8 Å². The van der Waals surface area contributed by atoms with Crippen LogP contribution in [0.15, 0.2) is 72.9 Å². The lowest BCUT2D eigenvalue weighted by molar-refractivity contribution is 0.146. The summed E-state index contributed by atoms with van der Waals surface area (Å²) < 4.78 is 18.6. The van der Waals surface area contributed by atoms with Crippen molar-refractivity contribution in [3.05, 3.63) is 95.6 Å². The Labute approximate surface area is 151 Å². The highest BCUT2D eigenvalue weighted by Gasteiger charge is 2.18. The zero-order valence-corrected chi connectivity index (χ0v) is 14.4. The fraction of sp³-hybridized carbons (Fsp3) is 0.143. The van der Waals surface area contributed by atoms with Gasteiger partial charge in [0.1, 0.15) is 12.4 Å². The molecule has 3 rings (SSSR count). The normalized spacial score (nSPS) is 10.4. The molecule has 0 aliphatic rings. The maximum absolute atomic E-state index is 13.2. The van der Waals surface area contributed by atoms with E-state index in [1.165, 1.54) is 17.0 Å². The van der Waals surface area contributed by atoms with Gasteiger partial charge in [0.25, 0.3) is 0 Å². The fourth-order valence-electron chi connectivity index (χ4n) is 2.53. The first-order valence-corrected chi connectivity index (χ1v) is 8.27. The minimum absolute atomic E-state index is 0.184. The van der Waals surface area contributed by atoms with Crippen molar-refractivity contribution in [1.29, 1.82) is 0 Å². The molecule has 2 aromatic carbocycles. The van der Waals surface area contributed by atoms with Gasteiger partial charge in [0.2, 0.25) is 0 Å². The number of benzene rings is 2. The summed E-state index contributed by atoms with van der Waals surface area (Å²) in [6.07, 6.45) is 1.18. The van der Waals surface area contributed by atoms with Crippen molar-refractivity contribution in [3.8, 4) is 0 Å². The number of carbonyl (C=O) groups is 1. The number of anilines is 1. The van der Waals surface area contributed by atoms with Crippen LogP contribution >= 0.6 is 0 Å². The largest absolute Gasteiger partial charge is 0.444 e. The fourth-order valence-corrected chi connectivity index (χ4v) is 2.53. The third-order valence-electron chi connectivity index (χ3n) is 3.87. The van der Waals surface area contributed by atoms with Gasteiger partial charge in [0, 0.05) is 11.9 Å². The predicted octanol–water partition coefficient (Wildman–Crippen LogP) is 4.87. The predicted molar refractivity (Wildman–Crippen MR) is 98.2 cm³/mol. The molecular weight excluding hydrogens is 331 g/mol. The Bertz CT molecular complexity index is 867. The van der Waals surface area contributed by atoms with E-state index >= 15 is 0 Å². The number of aryl methyl sites for hydroxylation is 1. The van der Waals surface area contributed by atoms with Gasteiger partial charge in [-0.2, -0.15) is 0 Å². The number of halogens is 1. The molecule has 0 aliphatic carbocycles. The van der Waals surface area contributed by atoms with E-state index < -0.39 is 6.09 Å². The van der Waals surface area contributed by atoms with Crippen LogP contribution in [-0.4, -0.2) is 11.1 Å². The number of nitrogens with zero attached hydrogens (tertiary/aromatic N) is 2. The minimum atomic E-state index is -0.469. The number of aromatic nitrogens is 1. The molecule has 0 saturated heterocycles. The number of hydrogen-bond acceptors (Lipinski definition) is 3. The third-order valence-corrected chi connectivity index (χ3v) is 3.87. The number of rotatable bonds is 5. The van der Waals surface area contributed by atoms with Crippen molar-refractivity contribution in [3.63, 3.8) is 0 Å². The van der Waals surface area contributed by atoms with E-state index in [4.69, 9.17) is 4.74 Å². The summed E-state index contributed by atoms with van der Waals surface area (Å²) in [6.45, 7) is 2.32. The van der Waals surface area contributed by atoms with E-state index in [9.17, 15) is 9.18 Å². The molecule has 0 saturated carbocycles. The summed E-state index contributed by atoms with van der Waals surface area (Å²) in [6, 6.07) is 19.1. The molecule has 132 valence electrons. The smallest absolute Gasteiger partial charge is 0.414 e. The molecule has 0 atom stereocenters. The molecular formula is C21H19FN2O2. The third kappa shape index (κ3) is 4.66. The average Bonchev–Trinajstić information content (AvgIpc) is 2.66. The van der Waals surface area contributed by atoms with E-state index in [1.807, 2.05) is 43.3 Å². The number of pyridine rings is 1. The van der Waals surface area contributed by atoms with Crippen molar-refractivity contribution < 1.29 is 13.9 Å². The minimum Gasteiger partial charge on any atom is -0.444 e. The molecule has 1 aromatic heterocycles. The van der Waals surface area contributed by atoms with Crippen LogP contribution in [0.5, 0.6) is 0 Å². The first kappa shape index (κ1) is 17.6. The van der Waals surface area contributed by atoms with Crippen molar-refractivity contribution >= 4 is 11.8 Å². The van der Waals surface area contributed by atoms with E-state index in [2.05, 4.69) is 4.98 Å². The summed E-state index contributed by atoms with van der Waals surface area (Å²) in [7, 11) is 0. The maximum Gasteiger partial charge on any atom is 0.414 e. The Kier molecular flexibility index (Phi) is 5.59. The Balaban J connectivity index is 1.79. The van der Waals surface area contributed by atoms with E-state index in [0.29, 0.717) is 5.69 Å². The Morgan fingerprint density at radius 1 is 1.04 bits per heavy atom. The van der Waals surface area contributed by atoms with Crippen molar-refractivity contribution in [2.45, 2.75) is 20.1 Å². The zero-order valence-electron chi connectivity index (χ0n) is 14.4. The molecule has 26 heavy (non-hydrogen) atoms. The van der Waals surface area contributed by atoms with Crippen LogP contribution in [0.25, 0.3) is 0 Å². The Morgan fingerprint density at radius 2 is 1.77 bits per heavy atom. The molecule has 0 unspecified atom stereocenters. The zero-order chi connectivity index (χ0) is 18.4. The summed E-state index contributed by atoms with van der Waals surface area (Å²) in [5.41, 5.74) is 3.19. The number of hydrogen-bond donors (Lipinski definition) is 0. The lowest BCUT2D eigenvalue weighted by Crippen LogP contribution is -2.31. The van der Waals surface area contributed by atoms with Gasteiger partial charge in [0.05, 0.1) is 12.2 Å². The molecule has 5 heteroatoms. The summed E-state index contributed by atoms with van der Waals surface area (Å²) in [5, 5.41) is 0. The van der Waals surface area contributed by atoms with Gasteiger partial charge in [0.15, 0.2) is 0 Å². The molecule has 4 nitrogen and oxygen atoms in total. The van der Waals surface area contributed by atoms with Crippen LogP contribution in [0.3, 0.4) is 0 Å². The van der Waals surface area contributed by atoms with Crippen LogP contribution in [0.4, 0.5) is 14.9 Å². The van der Waals surface area contributed by atoms with Crippen molar-refractivity contribution in [1.82, 2.24) is 4.98 Å². The van der Waals surface area contributed by atoms with Crippen molar-refractivity contribution in [2.75, 3.05) is 4.90 Å². The molecule has 1 amide bonds. The highest BCUT2D eigenvalue weighted by Crippen LogP contribution is 2.20. The van der Waals surface area contributed by atoms with Crippen LogP contribution < -0.4 is 4.90 Å². The molecule has 0 aliphatic heterocycles. The van der Waals surface area contributed by atoms with Gasteiger partial charge in [-0.3, -0.25) is 9.88 Å². The topological polar surface area (TPSA) is 42.4 Å². The first-order valence-electron chi connectivity index (χ1n) is 8.27. The highest BCUT2D eigenvalue weighted by atomic mass is 19.1. The second-order valence-electron chi connectivity index (χ2n) is 5.91. The SMILES string of the molecule is Cc1cc(N(Cc2ccc(F)cc2)C(=O)OCc2ccccc2)ccn1. The lowest BCUT2D eigenvalue weighted by atomic mass is 10.2. The monoisotopic (exact) mass is 350 g/mol. The van der Waals surface area contributed by atoms with E-state index in [1.54, 1.807) is 24.4 Å².